The molecule has 1 aliphatic heterocycles. The smallest absolute Gasteiger partial charge is 0.247 e. The SMILES string of the molecule is CCCNc1ncccc1S(=O)(=O)N1CCSC(C)C1C. The molecule has 0 aromatic carbocycles. The van der Waals surface area contributed by atoms with Crippen LogP contribution in [-0.4, -0.2) is 47.8 Å². The molecule has 118 valence electrons. The summed E-state index contributed by atoms with van der Waals surface area (Å²) in [4.78, 5) is 4.48. The Bertz CT molecular complexity index is 577. The Morgan fingerprint density at radius 2 is 2.24 bits per heavy atom. The fourth-order valence-corrected chi connectivity index (χ4v) is 5.46. The molecule has 21 heavy (non-hydrogen) atoms. The third-order valence-corrected chi connectivity index (χ3v) is 7.08. The van der Waals surface area contributed by atoms with Gasteiger partial charge in [0.2, 0.25) is 10.0 Å². The van der Waals surface area contributed by atoms with Crippen molar-refractivity contribution >= 4 is 27.6 Å². The van der Waals surface area contributed by atoms with Crippen molar-refractivity contribution in [3.05, 3.63) is 18.3 Å². The summed E-state index contributed by atoms with van der Waals surface area (Å²) in [6, 6.07) is 3.31. The van der Waals surface area contributed by atoms with Crippen LogP contribution in [-0.2, 0) is 10.0 Å². The second-order valence-electron chi connectivity index (χ2n) is 5.21. The predicted octanol–water partition coefficient (Wildman–Crippen LogP) is 2.42. The van der Waals surface area contributed by atoms with Crippen molar-refractivity contribution in [2.75, 3.05) is 24.2 Å². The van der Waals surface area contributed by atoms with Crippen LogP contribution in [0.3, 0.4) is 0 Å². The maximum Gasteiger partial charge on any atom is 0.247 e. The van der Waals surface area contributed by atoms with E-state index in [1.54, 1.807) is 22.6 Å². The fourth-order valence-electron chi connectivity index (χ4n) is 2.35. The summed E-state index contributed by atoms with van der Waals surface area (Å²) in [7, 11) is -3.51. The van der Waals surface area contributed by atoms with Crippen LogP contribution in [0.4, 0.5) is 5.82 Å². The first kappa shape index (κ1) is 16.6. The summed E-state index contributed by atoms with van der Waals surface area (Å²) in [5.74, 6) is 1.29. The zero-order valence-electron chi connectivity index (χ0n) is 12.7. The first-order valence-corrected chi connectivity index (χ1v) is 9.79. The van der Waals surface area contributed by atoms with Gasteiger partial charge in [-0.05, 0) is 25.5 Å². The molecular weight excluding hydrogens is 306 g/mol. The average molecular weight is 329 g/mol. The van der Waals surface area contributed by atoms with E-state index in [0.717, 1.165) is 12.2 Å². The predicted molar refractivity (Wildman–Crippen MR) is 88.3 cm³/mol. The number of hydrogen-bond acceptors (Lipinski definition) is 5. The third-order valence-electron chi connectivity index (χ3n) is 3.73. The number of anilines is 1. The van der Waals surface area contributed by atoms with Crippen molar-refractivity contribution in [2.45, 2.75) is 43.4 Å². The van der Waals surface area contributed by atoms with Gasteiger partial charge in [-0.25, -0.2) is 13.4 Å². The van der Waals surface area contributed by atoms with E-state index in [2.05, 4.69) is 17.2 Å². The summed E-state index contributed by atoms with van der Waals surface area (Å²) < 4.78 is 27.5. The number of aromatic nitrogens is 1. The lowest BCUT2D eigenvalue weighted by molar-refractivity contribution is 0.340. The molecule has 1 N–H and O–H groups in total. The molecule has 7 heteroatoms. The van der Waals surface area contributed by atoms with Crippen molar-refractivity contribution in [1.29, 1.82) is 0 Å². The molecule has 1 aromatic heterocycles. The average Bonchev–Trinajstić information content (AvgIpc) is 2.48. The van der Waals surface area contributed by atoms with Crippen LogP contribution in [0.2, 0.25) is 0 Å². The summed E-state index contributed by atoms with van der Waals surface area (Å²) in [6.07, 6.45) is 2.54. The standard InChI is InChI=1S/C14H23N3O2S2/c1-4-7-15-14-13(6-5-8-16-14)21(18,19)17-9-10-20-12(3)11(17)2/h5-6,8,11-12H,4,7,9-10H2,1-3H3,(H,15,16). The van der Waals surface area contributed by atoms with Gasteiger partial charge in [0.15, 0.2) is 0 Å². The third kappa shape index (κ3) is 3.52. The van der Waals surface area contributed by atoms with E-state index in [1.807, 2.05) is 25.6 Å². The van der Waals surface area contributed by atoms with Crippen LogP contribution >= 0.6 is 11.8 Å². The van der Waals surface area contributed by atoms with Crippen LogP contribution in [0.25, 0.3) is 0 Å². The summed E-state index contributed by atoms with van der Waals surface area (Å²) in [6.45, 7) is 7.36. The number of nitrogens with one attached hydrogen (secondary N) is 1. The Morgan fingerprint density at radius 3 is 2.95 bits per heavy atom. The van der Waals surface area contributed by atoms with Gasteiger partial charge in [-0.15, -0.1) is 0 Å². The molecule has 0 amide bonds. The fraction of sp³-hybridized carbons (Fsp3) is 0.643. The van der Waals surface area contributed by atoms with Crippen molar-refractivity contribution in [3.63, 3.8) is 0 Å². The number of nitrogens with zero attached hydrogens (tertiary/aromatic N) is 2. The molecule has 0 saturated carbocycles. The Balaban J connectivity index is 2.35. The Kier molecular flexibility index (Phi) is 5.51. The van der Waals surface area contributed by atoms with E-state index in [9.17, 15) is 8.42 Å². The minimum atomic E-state index is -3.51. The number of hydrogen-bond donors (Lipinski definition) is 1. The minimum Gasteiger partial charge on any atom is -0.369 e. The largest absolute Gasteiger partial charge is 0.369 e. The van der Waals surface area contributed by atoms with Gasteiger partial charge in [-0.2, -0.15) is 16.1 Å². The second kappa shape index (κ2) is 6.98. The Morgan fingerprint density at radius 1 is 1.48 bits per heavy atom. The highest BCUT2D eigenvalue weighted by molar-refractivity contribution is 8.00. The van der Waals surface area contributed by atoms with Gasteiger partial charge in [0.1, 0.15) is 10.7 Å². The zero-order valence-corrected chi connectivity index (χ0v) is 14.4. The van der Waals surface area contributed by atoms with Crippen LogP contribution in [0.15, 0.2) is 23.2 Å². The van der Waals surface area contributed by atoms with Crippen molar-refractivity contribution in [1.82, 2.24) is 9.29 Å². The topological polar surface area (TPSA) is 62.3 Å². The van der Waals surface area contributed by atoms with Gasteiger partial charge in [0.05, 0.1) is 0 Å². The summed E-state index contributed by atoms with van der Waals surface area (Å²) >= 11 is 1.82. The first-order chi connectivity index (χ1) is 9.98. The van der Waals surface area contributed by atoms with Gasteiger partial charge < -0.3 is 5.32 Å². The second-order valence-corrected chi connectivity index (χ2v) is 8.55. The van der Waals surface area contributed by atoms with Crippen molar-refractivity contribution in [2.24, 2.45) is 0 Å². The first-order valence-electron chi connectivity index (χ1n) is 7.30. The van der Waals surface area contributed by atoms with Gasteiger partial charge in [0.25, 0.3) is 0 Å². The van der Waals surface area contributed by atoms with Gasteiger partial charge >= 0.3 is 0 Å². The molecule has 0 spiro atoms. The lowest BCUT2D eigenvalue weighted by Crippen LogP contribution is -2.47. The molecular formula is C14H23N3O2S2. The molecule has 1 saturated heterocycles. The molecule has 2 atom stereocenters. The van der Waals surface area contributed by atoms with E-state index in [-0.39, 0.29) is 10.9 Å². The van der Waals surface area contributed by atoms with E-state index < -0.39 is 10.0 Å². The van der Waals surface area contributed by atoms with Crippen molar-refractivity contribution in [3.8, 4) is 0 Å². The van der Waals surface area contributed by atoms with E-state index in [4.69, 9.17) is 0 Å². The molecule has 5 nitrogen and oxygen atoms in total. The van der Waals surface area contributed by atoms with E-state index >= 15 is 0 Å². The van der Waals surface area contributed by atoms with E-state index in [1.165, 1.54) is 0 Å². The Labute approximate surface area is 131 Å². The Hall–Kier alpha value is -0.790. The van der Waals surface area contributed by atoms with Crippen LogP contribution < -0.4 is 5.32 Å². The molecule has 2 heterocycles. The van der Waals surface area contributed by atoms with Crippen LogP contribution in [0.5, 0.6) is 0 Å². The maximum absolute atomic E-state index is 13.0. The molecule has 1 aliphatic rings. The highest BCUT2D eigenvalue weighted by atomic mass is 32.2. The highest BCUT2D eigenvalue weighted by Gasteiger charge is 2.36. The van der Waals surface area contributed by atoms with Gasteiger partial charge in [0, 0.05) is 36.3 Å². The quantitative estimate of drug-likeness (QED) is 0.899. The van der Waals surface area contributed by atoms with Gasteiger partial charge in [-0.1, -0.05) is 13.8 Å². The van der Waals surface area contributed by atoms with Crippen LogP contribution in [0, 0.1) is 0 Å². The molecule has 2 rings (SSSR count). The minimum absolute atomic E-state index is 0.00650. The number of rotatable bonds is 5. The molecule has 1 aromatic rings. The van der Waals surface area contributed by atoms with Crippen molar-refractivity contribution < 1.29 is 8.42 Å². The summed E-state index contributed by atoms with van der Waals surface area (Å²) in [5, 5.41) is 3.42. The molecule has 1 fully saturated rings. The lowest BCUT2D eigenvalue weighted by atomic mass is 10.2. The normalized spacial score (nSPS) is 24.0. The molecule has 0 radical (unpaired) electrons. The number of thioether (sulfide) groups is 1. The van der Waals surface area contributed by atoms with Crippen LogP contribution in [0.1, 0.15) is 27.2 Å². The number of pyridine rings is 1. The molecule has 0 bridgehead atoms. The maximum atomic E-state index is 13.0. The van der Waals surface area contributed by atoms with E-state index in [0.29, 0.717) is 24.2 Å². The lowest BCUT2D eigenvalue weighted by Gasteiger charge is -2.36. The van der Waals surface area contributed by atoms with Gasteiger partial charge in [-0.3, -0.25) is 0 Å². The monoisotopic (exact) mass is 329 g/mol. The highest BCUT2D eigenvalue weighted by Crippen LogP contribution is 2.31. The molecule has 2 unspecified atom stereocenters. The number of sulfonamides is 1. The zero-order chi connectivity index (χ0) is 15.5. The summed E-state index contributed by atoms with van der Waals surface area (Å²) in [5.41, 5.74) is 0. The molecule has 0 aliphatic carbocycles.